The lowest BCUT2D eigenvalue weighted by Crippen LogP contribution is -1.75. The van der Waals surface area contributed by atoms with Gasteiger partial charge in [0.15, 0.2) is 0 Å². The van der Waals surface area contributed by atoms with Gasteiger partial charge < -0.3 is 0 Å². The van der Waals surface area contributed by atoms with Gasteiger partial charge in [-0.3, -0.25) is 0 Å². The van der Waals surface area contributed by atoms with E-state index in [1.807, 2.05) is 0 Å². The minimum atomic E-state index is 1.27. The summed E-state index contributed by atoms with van der Waals surface area (Å²) in [6, 6.07) is 0. The third-order valence-corrected chi connectivity index (χ3v) is 2.00. The number of rotatable bonds is 5. The second-order valence-electron chi connectivity index (χ2n) is 2.11. The third-order valence-electron chi connectivity index (χ3n) is 1.24. The Hall–Kier alpha value is 0.470. The number of unbranched alkanes of at least 4 members (excludes halogenated alkanes) is 3. The Balaban J connectivity index is 2.75. The molecule has 0 aromatic rings. The fourth-order valence-electron chi connectivity index (χ4n) is 0.700. The summed E-state index contributed by atoms with van der Waals surface area (Å²) < 4.78 is 1.31. The first-order valence-corrected chi connectivity index (χ1v) is 5.11. The van der Waals surface area contributed by atoms with Crippen molar-refractivity contribution in [3.63, 3.8) is 0 Å². The van der Waals surface area contributed by atoms with Gasteiger partial charge in [0.1, 0.15) is 0 Å². The van der Waals surface area contributed by atoms with Crippen molar-refractivity contribution in [1.82, 2.24) is 0 Å². The van der Waals surface area contributed by atoms with Gasteiger partial charge in [-0.1, -0.05) is 41.2 Å². The highest BCUT2D eigenvalue weighted by molar-refractivity contribution is 14.1. The van der Waals surface area contributed by atoms with E-state index in [9.17, 15) is 0 Å². The molecule has 0 fully saturated rings. The summed E-state index contributed by atoms with van der Waals surface area (Å²) in [6.45, 7) is 2.08. The summed E-state index contributed by atoms with van der Waals surface area (Å²) in [7, 11) is 0. The van der Waals surface area contributed by atoms with Gasteiger partial charge in [-0.25, -0.2) is 0 Å². The number of halogens is 1. The molecule has 0 rings (SSSR count). The maximum Gasteiger partial charge on any atom is -0.000473 e. The maximum absolute atomic E-state index is 2.43. The van der Waals surface area contributed by atoms with Crippen LogP contribution in [0.15, 0.2) is 12.2 Å². The first kappa shape index (κ1) is 9.47. The Kier molecular flexibility index (Phi) is 8.91. The van der Waals surface area contributed by atoms with Crippen LogP contribution in [-0.2, 0) is 0 Å². The average molecular weight is 238 g/mol. The molecule has 0 unspecified atom stereocenters. The van der Waals surface area contributed by atoms with Gasteiger partial charge in [-0.2, -0.15) is 0 Å². The molecule has 0 aliphatic carbocycles. The monoisotopic (exact) mass is 238 g/mol. The van der Waals surface area contributed by atoms with Crippen LogP contribution in [0.4, 0.5) is 0 Å². The van der Waals surface area contributed by atoms with E-state index in [1.165, 1.54) is 30.1 Å². The number of hydrogen-bond donors (Lipinski definition) is 0. The normalized spacial score (nSPS) is 10.9. The van der Waals surface area contributed by atoms with Crippen LogP contribution < -0.4 is 0 Å². The summed E-state index contributed by atoms with van der Waals surface area (Å²) in [5.74, 6) is 0. The van der Waals surface area contributed by atoms with Crippen molar-refractivity contribution in [3.05, 3.63) is 12.2 Å². The molecule has 0 aromatic heterocycles. The van der Waals surface area contributed by atoms with Gasteiger partial charge in [0, 0.05) is 0 Å². The molecule has 0 spiro atoms. The van der Waals surface area contributed by atoms with Crippen LogP contribution in [0.5, 0.6) is 0 Å². The van der Waals surface area contributed by atoms with E-state index in [2.05, 4.69) is 41.7 Å². The summed E-state index contributed by atoms with van der Waals surface area (Å²) >= 11 is 2.43. The van der Waals surface area contributed by atoms with Gasteiger partial charge in [0.05, 0.1) is 0 Å². The van der Waals surface area contributed by atoms with Crippen LogP contribution in [0, 0.1) is 0 Å². The van der Waals surface area contributed by atoms with Crippen LogP contribution in [0.2, 0.25) is 0 Å². The Morgan fingerprint density at radius 1 is 1.22 bits per heavy atom. The molecular formula is C8H15I. The van der Waals surface area contributed by atoms with Gasteiger partial charge in [-0.15, -0.1) is 0 Å². The summed E-state index contributed by atoms with van der Waals surface area (Å²) in [6.07, 6.45) is 9.79. The van der Waals surface area contributed by atoms with E-state index in [4.69, 9.17) is 0 Å². The van der Waals surface area contributed by atoms with Gasteiger partial charge in [0.25, 0.3) is 0 Å². The molecule has 0 amide bonds. The minimum absolute atomic E-state index is 1.27. The summed E-state index contributed by atoms with van der Waals surface area (Å²) in [5, 5.41) is 0. The standard InChI is InChI=1S/C8H15I/c1-2-3-4-5-6-7-8-9/h2-3H,4-8H2,1H3/b3-2+. The Labute approximate surface area is 71.9 Å². The molecule has 0 atom stereocenters. The van der Waals surface area contributed by atoms with Crippen molar-refractivity contribution < 1.29 is 0 Å². The fourth-order valence-corrected chi connectivity index (χ4v) is 1.24. The summed E-state index contributed by atoms with van der Waals surface area (Å²) in [5.41, 5.74) is 0. The zero-order valence-electron chi connectivity index (χ0n) is 6.07. The Morgan fingerprint density at radius 2 is 2.00 bits per heavy atom. The highest BCUT2D eigenvalue weighted by Crippen LogP contribution is 2.02. The molecular weight excluding hydrogens is 223 g/mol. The van der Waals surface area contributed by atoms with Crippen LogP contribution in [-0.4, -0.2) is 4.43 Å². The maximum atomic E-state index is 2.43. The van der Waals surface area contributed by atoms with E-state index < -0.39 is 0 Å². The molecule has 0 radical (unpaired) electrons. The third kappa shape index (κ3) is 8.47. The molecule has 0 aromatic carbocycles. The molecule has 0 saturated carbocycles. The molecule has 0 bridgehead atoms. The number of hydrogen-bond acceptors (Lipinski definition) is 0. The van der Waals surface area contributed by atoms with E-state index in [0.29, 0.717) is 0 Å². The predicted molar refractivity (Wildman–Crippen MR) is 52.2 cm³/mol. The van der Waals surface area contributed by atoms with Crippen LogP contribution >= 0.6 is 22.6 Å². The second kappa shape index (κ2) is 8.47. The molecule has 54 valence electrons. The minimum Gasteiger partial charge on any atom is -0.0917 e. The van der Waals surface area contributed by atoms with E-state index in [1.54, 1.807) is 0 Å². The zero-order chi connectivity index (χ0) is 6.95. The molecule has 0 heterocycles. The summed E-state index contributed by atoms with van der Waals surface area (Å²) in [4.78, 5) is 0. The van der Waals surface area contributed by atoms with Crippen molar-refractivity contribution in [2.75, 3.05) is 4.43 Å². The van der Waals surface area contributed by atoms with Crippen molar-refractivity contribution >= 4 is 22.6 Å². The van der Waals surface area contributed by atoms with Crippen LogP contribution in [0.25, 0.3) is 0 Å². The van der Waals surface area contributed by atoms with Crippen molar-refractivity contribution in [3.8, 4) is 0 Å². The molecule has 0 aliphatic heterocycles. The highest BCUT2D eigenvalue weighted by Gasteiger charge is 1.83. The van der Waals surface area contributed by atoms with E-state index in [0.717, 1.165) is 0 Å². The lowest BCUT2D eigenvalue weighted by Gasteiger charge is -1.91. The topological polar surface area (TPSA) is 0 Å². The van der Waals surface area contributed by atoms with Gasteiger partial charge in [-0.05, 0) is 30.6 Å². The molecule has 0 saturated heterocycles. The number of alkyl halides is 1. The largest absolute Gasteiger partial charge is 0.0917 e. The van der Waals surface area contributed by atoms with Gasteiger partial charge in [0.2, 0.25) is 0 Å². The molecule has 0 N–H and O–H groups in total. The molecule has 9 heavy (non-hydrogen) atoms. The zero-order valence-corrected chi connectivity index (χ0v) is 8.23. The highest BCUT2D eigenvalue weighted by atomic mass is 127. The Morgan fingerprint density at radius 3 is 2.56 bits per heavy atom. The Bertz CT molecular complexity index is 67.0. The SMILES string of the molecule is C/C=C/CCCCCI. The quantitative estimate of drug-likeness (QED) is 0.297. The van der Waals surface area contributed by atoms with Crippen LogP contribution in [0.1, 0.15) is 32.6 Å². The van der Waals surface area contributed by atoms with E-state index in [-0.39, 0.29) is 0 Å². The molecule has 0 nitrogen and oxygen atoms in total. The predicted octanol–water partition coefficient (Wildman–Crippen LogP) is 3.56. The van der Waals surface area contributed by atoms with E-state index >= 15 is 0 Å². The molecule has 0 aliphatic rings. The van der Waals surface area contributed by atoms with Crippen molar-refractivity contribution in [1.29, 1.82) is 0 Å². The average Bonchev–Trinajstić information content (AvgIpc) is 1.89. The fraction of sp³-hybridized carbons (Fsp3) is 0.750. The smallest absolute Gasteiger partial charge is 0.000473 e. The molecule has 1 heteroatoms. The van der Waals surface area contributed by atoms with Gasteiger partial charge >= 0.3 is 0 Å². The van der Waals surface area contributed by atoms with Crippen molar-refractivity contribution in [2.24, 2.45) is 0 Å². The van der Waals surface area contributed by atoms with Crippen molar-refractivity contribution in [2.45, 2.75) is 32.6 Å². The lowest BCUT2D eigenvalue weighted by molar-refractivity contribution is 0.739. The first-order chi connectivity index (χ1) is 4.41. The van der Waals surface area contributed by atoms with Crippen LogP contribution in [0.3, 0.4) is 0 Å². The number of allylic oxidation sites excluding steroid dienone is 2. The second-order valence-corrected chi connectivity index (χ2v) is 3.19. The first-order valence-electron chi connectivity index (χ1n) is 3.59. The lowest BCUT2D eigenvalue weighted by atomic mass is 10.2.